The molecule has 2 rings (SSSR count). The normalized spacial score (nSPS) is 25.9. The number of aromatic nitrogens is 1. The molecule has 199 valence electrons. The molecule has 11 heteroatoms. The Morgan fingerprint density at radius 2 is 1.86 bits per heavy atom. The van der Waals surface area contributed by atoms with Gasteiger partial charge in [-0.2, -0.15) is 23.4 Å². The molecule has 0 aromatic carbocycles. The molecule has 4 atom stereocenters. The zero-order valence-corrected chi connectivity index (χ0v) is 26.5. The Labute approximate surface area is 223 Å². The molecular formula is C24H40BrFN4O2S2Si-. The Kier molecular flexibility index (Phi) is 9.58. The largest absolute Gasteiger partial charge is 0.248 e. The lowest BCUT2D eigenvalue weighted by atomic mass is 10.0. The van der Waals surface area contributed by atoms with Gasteiger partial charge in [-0.15, -0.1) is 13.3 Å². The van der Waals surface area contributed by atoms with Crippen LogP contribution in [-0.4, -0.2) is 43.3 Å². The van der Waals surface area contributed by atoms with Gasteiger partial charge in [0.15, 0.2) is 0 Å². The molecule has 2 heterocycles. The van der Waals surface area contributed by atoms with E-state index in [1.54, 1.807) is 19.9 Å². The molecule has 0 unspecified atom stereocenters. The average molecular weight is 608 g/mol. The van der Waals surface area contributed by atoms with Gasteiger partial charge in [0, 0.05) is 6.54 Å². The maximum absolute atomic E-state index is 16.5. The van der Waals surface area contributed by atoms with E-state index in [2.05, 4.69) is 56.8 Å². The molecule has 0 aliphatic carbocycles. The number of nitriles is 1. The summed E-state index contributed by atoms with van der Waals surface area (Å²) in [5.74, 6) is -0.589. The third kappa shape index (κ3) is 5.92. The molecule has 1 aliphatic rings. The molecule has 35 heavy (non-hydrogen) atoms. The van der Waals surface area contributed by atoms with Gasteiger partial charge in [-0.05, 0) is 63.4 Å². The van der Waals surface area contributed by atoms with Crippen LogP contribution >= 0.6 is 15.9 Å². The summed E-state index contributed by atoms with van der Waals surface area (Å²) in [4.78, 5) is 4.54. The summed E-state index contributed by atoms with van der Waals surface area (Å²) in [5, 5.41) is 10.6. The molecular weight excluding hydrogens is 567 g/mol. The van der Waals surface area contributed by atoms with Crippen LogP contribution in [0.15, 0.2) is 15.0 Å². The van der Waals surface area contributed by atoms with Gasteiger partial charge in [-0.25, -0.2) is 26.9 Å². The second-order valence-corrected chi connectivity index (χ2v) is 21.6. The molecule has 1 N–H and O–H groups in total. The van der Waals surface area contributed by atoms with E-state index in [9.17, 15) is 13.7 Å². The van der Waals surface area contributed by atoms with E-state index in [0.29, 0.717) is 29.2 Å². The molecule has 0 saturated carbocycles. The van der Waals surface area contributed by atoms with Crippen molar-refractivity contribution in [2.45, 2.75) is 101 Å². The smallest absolute Gasteiger partial charge is 0.137 e. The van der Waals surface area contributed by atoms with Crippen molar-refractivity contribution in [1.29, 1.82) is 5.26 Å². The zero-order chi connectivity index (χ0) is 26.9. The summed E-state index contributed by atoms with van der Waals surface area (Å²) in [7, 11) is -6.89. The van der Waals surface area contributed by atoms with Crippen LogP contribution in [0.1, 0.15) is 73.9 Å². The zero-order valence-electron chi connectivity index (χ0n) is 22.3. The van der Waals surface area contributed by atoms with Crippen LogP contribution in [0.25, 0.3) is 0 Å². The lowest BCUT2D eigenvalue weighted by molar-refractivity contribution is 0.439. The number of halogens is 2. The van der Waals surface area contributed by atoms with Crippen molar-refractivity contribution in [3.05, 3.63) is 22.2 Å². The van der Waals surface area contributed by atoms with Crippen LogP contribution in [0.5, 0.6) is 0 Å². The van der Waals surface area contributed by atoms with Crippen molar-refractivity contribution in [1.82, 2.24) is 9.71 Å². The van der Waals surface area contributed by atoms with E-state index in [1.165, 1.54) is 0 Å². The predicted octanol–water partition coefficient (Wildman–Crippen LogP) is 5.51. The summed E-state index contributed by atoms with van der Waals surface area (Å²) in [5.41, 5.74) is -1.30. The Hall–Kier alpha value is -0.673. The van der Waals surface area contributed by atoms with Crippen LogP contribution in [0.3, 0.4) is 0 Å². The number of rotatable bonds is 9. The average Bonchev–Trinajstić information content (AvgIpc) is 2.78. The molecule has 0 radical (unpaired) electrons. The number of nitrogens with one attached hydrogen (secondary N) is 1. The fourth-order valence-electron chi connectivity index (χ4n) is 4.73. The summed E-state index contributed by atoms with van der Waals surface area (Å²) < 4.78 is 50.3. The van der Waals surface area contributed by atoms with Gasteiger partial charge in [0.2, 0.25) is 0 Å². The second kappa shape index (κ2) is 11.0. The third-order valence-corrected chi connectivity index (χ3v) is 18.5. The van der Waals surface area contributed by atoms with Gasteiger partial charge in [0.1, 0.15) is 15.2 Å². The fourth-order valence-corrected chi connectivity index (χ4v) is 12.7. The number of hydrogen-bond donors (Lipinski definition) is 1. The molecule has 1 aromatic rings. The van der Waals surface area contributed by atoms with Crippen LogP contribution in [0.4, 0.5) is 4.39 Å². The molecule has 6 nitrogen and oxygen atoms in total. The van der Waals surface area contributed by atoms with Crippen molar-refractivity contribution >= 4 is 49.9 Å². The fraction of sp³-hybridized carbons (Fsp3) is 0.750. The highest BCUT2D eigenvalue weighted by Gasteiger charge is 2.47. The molecule has 0 amide bonds. The maximum Gasteiger partial charge on any atom is 0.137 e. The second-order valence-electron chi connectivity index (χ2n) is 10.9. The first-order valence-electron chi connectivity index (χ1n) is 12.2. The Morgan fingerprint density at radius 3 is 2.34 bits per heavy atom. The lowest BCUT2D eigenvalue weighted by Gasteiger charge is -2.43. The molecule has 0 fully saturated rings. The monoisotopic (exact) mass is 606 g/mol. The number of nitrogens with zero attached hydrogens (tertiary/aromatic N) is 3. The summed E-state index contributed by atoms with van der Waals surface area (Å²) in [6.45, 7) is 15.5. The highest BCUT2D eigenvalue weighted by atomic mass is 79.9. The Bertz CT molecular complexity index is 1130. The molecule has 1 aromatic heterocycles. The van der Waals surface area contributed by atoms with E-state index in [0.717, 1.165) is 18.1 Å². The van der Waals surface area contributed by atoms with Gasteiger partial charge in [-0.3, -0.25) is 0 Å². The minimum atomic E-state index is -3.12. The minimum absolute atomic E-state index is 0.0792. The topological polar surface area (TPSA) is 95.2 Å². The van der Waals surface area contributed by atoms with E-state index >= 15 is 4.39 Å². The van der Waals surface area contributed by atoms with Crippen molar-refractivity contribution in [2.24, 2.45) is 4.36 Å². The van der Waals surface area contributed by atoms with Crippen LogP contribution in [0.2, 0.25) is 18.1 Å². The maximum atomic E-state index is 16.5. The lowest BCUT2D eigenvalue weighted by Crippen LogP contribution is -2.55. The van der Waals surface area contributed by atoms with E-state index < -0.39 is 49.6 Å². The first-order valence-corrected chi connectivity index (χ1v) is 18.5. The summed E-state index contributed by atoms with van der Waals surface area (Å²) >= 11 is 3.49. The van der Waals surface area contributed by atoms with Gasteiger partial charge in [-0.1, -0.05) is 26.8 Å². The summed E-state index contributed by atoms with van der Waals surface area (Å²) in [6, 6.07) is 6.65. The van der Waals surface area contributed by atoms with Crippen LogP contribution in [-0.2, 0) is 26.3 Å². The highest BCUT2D eigenvalue weighted by Crippen LogP contribution is 2.37. The number of pyridine rings is 1. The van der Waals surface area contributed by atoms with Crippen molar-refractivity contribution in [2.75, 3.05) is 12.3 Å². The van der Waals surface area contributed by atoms with Gasteiger partial charge in [0.25, 0.3) is 0 Å². The standard InChI is InChI=1S/C24H40BrFN4O2S2Si/c1-9-35(10-2,11-3)18-15-19(25)29-21(20(18)26)24(8,30-33(31)22(4,5)6)17-34(32)23(7,16-27)13-12-14-28-34/h15,30H,9-14,17H2,1-8H3/q-1/t23-,24+,33-,34-/m1/s1. The van der Waals surface area contributed by atoms with E-state index in [1.807, 2.05) is 20.8 Å². The Balaban J connectivity index is 2.86. The van der Waals surface area contributed by atoms with Crippen molar-refractivity contribution in [3.63, 3.8) is 0 Å². The summed E-state index contributed by atoms with van der Waals surface area (Å²) in [6.07, 6.45) is 1.12. The van der Waals surface area contributed by atoms with Gasteiger partial charge >= 0.3 is 0 Å². The molecule has 0 saturated heterocycles. The van der Waals surface area contributed by atoms with Gasteiger partial charge < -0.3 is 0 Å². The highest BCUT2D eigenvalue weighted by molar-refractivity contribution is 9.10. The first kappa shape index (κ1) is 30.6. The van der Waals surface area contributed by atoms with Gasteiger partial charge in [0.05, 0.1) is 48.5 Å². The third-order valence-electron chi connectivity index (χ3n) is 7.46. The minimum Gasteiger partial charge on any atom is -0.248 e. The Morgan fingerprint density at radius 1 is 1.29 bits per heavy atom. The quantitative estimate of drug-likeness (QED) is 0.296. The molecule has 1 aliphatic heterocycles. The molecule has 0 spiro atoms. The first-order chi connectivity index (χ1) is 16.1. The molecule has 0 bridgehead atoms. The van der Waals surface area contributed by atoms with Crippen LogP contribution in [0, 0.1) is 17.1 Å². The van der Waals surface area contributed by atoms with E-state index in [4.69, 9.17) is 0 Å². The number of hydrogen-bond acceptors (Lipinski definition) is 5. The SMILES string of the molecule is CC[Si-](CC)(CC)c1cc(Br)nc([C@](C)(C[S@]2(=O)=NCCC[C@]2(C)C#N)N[S@](=O)C(C)(C)C)c1F. The van der Waals surface area contributed by atoms with Crippen molar-refractivity contribution < 1.29 is 12.8 Å². The van der Waals surface area contributed by atoms with E-state index in [-0.39, 0.29) is 11.4 Å². The van der Waals surface area contributed by atoms with Crippen molar-refractivity contribution in [3.8, 4) is 6.07 Å². The van der Waals surface area contributed by atoms with Crippen LogP contribution < -0.4 is 9.91 Å². The predicted molar refractivity (Wildman–Crippen MR) is 151 cm³/mol.